The quantitative estimate of drug-likeness (QED) is 0.651. The third-order valence-electron chi connectivity index (χ3n) is 3.31. The number of anilines is 1. The van der Waals surface area contributed by atoms with E-state index in [1.54, 1.807) is 36.4 Å². The number of benzene rings is 2. The summed E-state index contributed by atoms with van der Waals surface area (Å²) in [5.41, 5.74) is 1.56. The maximum atomic E-state index is 12.0. The number of amides is 1. The first kappa shape index (κ1) is 15.7. The number of fused-ring (bicyclic) bond motifs is 1. The van der Waals surface area contributed by atoms with Crippen molar-refractivity contribution in [2.45, 2.75) is 0 Å². The van der Waals surface area contributed by atoms with Gasteiger partial charge in [0.2, 0.25) is 12.7 Å². The zero-order chi connectivity index (χ0) is 16.8. The van der Waals surface area contributed by atoms with Crippen molar-refractivity contribution in [3.63, 3.8) is 0 Å². The van der Waals surface area contributed by atoms with Gasteiger partial charge in [-0.2, -0.15) is 0 Å². The Morgan fingerprint density at radius 2 is 1.96 bits per heavy atom. The summed E-state index contributed by atoms with van der Waals surface area (Å²) in [5.74, 6) is 1.92. The molecule has 0 radical (unpaired) electrons. The molecular weight excluding hydrogens is 306 g/mol. The summed E-state index contributed by atoms with van der Waals surface area (Å²) in [6.07, 6.45) is 4.87. The van der Waals surface area contributed by atoms with Gasteiger partial charge in [-0.3, -0.25) is 4.79 Å². The Bertz CT molecular complexity index is 765. The van der Waals surface area contributed by atoms with Crippen molar-refractivity contribution in [3.05, 3.63) is 66.8 Å². The monoisotopic (exact) mass is 323 g/mol. The van der Waals surface area contributed by atoms with E-state index in [1.807, 2.05) is 18.2 Å². The third-order valence-corrected chi connectivity index (χ3v) is 3.31. The van der Waals surface area contributed by atoms with Gasteiger partial charge in [0.1, 0.15) is 12.4 Å². The Morgan fingerprint density at radius 1 is 1.17 bits per heavy atom. The minimum absolute atomic E-state index is 0.215. The molecule has 3 rings (SSSR count). The molecule has 0 aliphatic carbocycles. The van der Waals surface area contributed by atoms with Crippen molar-refractivity contribution in [1.29, 1.82) is 0 Å². The van der Waals surface area contributed by atoms with Gasteiger partial charge in [-0.1, -0.05) is 18.7 Å². The summed E-state index contributed by atoms with van der Waals surface area (Å²) < 4.78 is 15.9. The Labute approximate surface area is 140 Å². The normalized spacial score (nSPS) is 12.2. The number of carbonyl (C=O) groups excluding carboxylic acids is 1. The lowest BCUT2D eigenvalue weighted by molar-refractivity contribution is -0.111. The second kappa shape index (κ2) is 7.37. The number of nitrogens with one attached hydrogen (secondary N) is 1. The van der Waals surface area contributed by atoms with E-state index in [-0.39, 0.29) is 12.7 Å². The van der Waals surface area contributed by atoms with Gasteiger partial charge in [-0.15, -0.1) is 0 Å². The molecule has 1 amide bonds. The molecule has 24 heavy (non-hydrogen) atoms. The van der Waals surface area contributed by atoms with Crippen molar-refractivity contribution < 1.29 is 19.0 Å². The second-order valence-corrected chi connectivity index (χ2v) is 5.06. The van der Waals surface area contributed by atoms with Crippen LogP contribution < -0.4 is 19.5 Å². The molecule has 0 atom stereocenters. The van der Waals surface area contributed by atoms with E-state index < -0.39 is 0 Å². The van der Waals surface area contributed by atoms with E-state index >= 15 is 0 Å². The Morgan fingerprint density at radius 3 is 2.75 bits per heavy atom. The fourth-order valence-electron chi connectivity index (χ4n) is 2.16. The molecule has 2 aromatic carbocycles. The van der Waals surface area contributed by atoms with Crippen LogP contribution in [0.15, 0.2) is 61.2 Å². The molecule has 0 aromatic heterocycles. The second-order valence-electron chi connectivity index (χ2n) is 5.06. The fraction of sp³-hybridized carbons (Fsp3) is 0.105. The summed E-state index contributed by atoms with van der Waals surface area (Å²) in [6.45, 7) is 4.27. The van der Waals surface area contributed by atoms with Crippen LogP contribution in [0.2, 0.25) is 0 Å². The van der Waals surface area contributed by atoms with Gasteiger partial charge in [-0.25, -0.2) is 0 Å². The van der Waals surface area contributed by atoms with Crippen LogP contribution >= 0.6 is 0 Å². The van der Waals surface area contributed by atoms with Crippen molar-refractivity contribution >= 4 is 17.7 Å². The van der Waals surface area contributed by atoms with Crippen LogP contribution in [-0.2, 0) is 4.79 Å². The van der Waals surface area contributed by atoms with Crippen LogP contribution in [0, 0.1) is 0 Å². The first-order chi connectivity index (χ1) is 11.7. The summed E-state index contributed by atoms with van der Waals surface area (Å²) >= 11 is 0. The topological polar surface area (TPSA) is 56.8 Å². The number of rotatable bonds is 6. The predicted octanol–water partition coefficient (Wildman–Crippen LogP) is 3.63. The first-order valence-electron chi connectivity index (χ1n) is 7.47. The first-order valence-corrected chi connectivity index (χ1v) is 7.47. The lowest BCUT2D eigenvalue weighted by Gasteiger charge is -2.05. The molecule has 1 aliphatic heterocycles. The summed E-state index contributed by atoms with van der Waals surface area (Å²) in [5, 5.41) is 2.79. The lowest BCUT2D eigenvalue weighted by atomic mass is 10.2. The Hall–Kier alpha value is -3.21. The van der Waals surface area contributed by atoms with E-state index in [0.717, 1.165) is 17.1 Å². The molecule has 122 valence electrons. The van der Waals surface area contributed by atoms with Gasteiger partial charge in [0.15, 0.2) is 11.5 Å². The van der Waals surface area contributed by atoms with E-state index in [9.17, 15) is 4.79 Å². The number of carbonyl (C=O) groups is 1. The van der Waals surface area contributed by atoms with Crippen molar-refractivity contribution in [2.75, 3.05) is 18.7 Å². The van der Waals surface area contributed by atoms with E-state index in [0.29, 0.717) is 18.0 Å². The van der Waals surface area contributed by atoms with Crippen LogP contribution in [0.25, 0.3) is 6.08 Å². The van der Waals surface area contributed by atoms with Gasteiger partial charge in [0.05, 0.1) is 0 Å². The van der Waals surface area contributed by atoms with E-state index in [1.165, 1.54) is 6.08 Å². The molecule has 5 heteroatoms. The molecule has 0 bridgehead atoms. The lowest BCUT2D eigenvalue weighted by Crippen LogP contribution is -2.07. The average Bonchev–Trinajstić information content (AvgIpc) is 3.07. The molecule has 0 spiro atoms. The van der Waals surface area contributed by atoms with E-state index in [4.69, 9.17) is 14.2 Å². The summed E-state index contributed by atoms with van der Waals surface area (Å²) in [7, 11) is 0. The van der Waals surface area contributed by atoms with Crippen LogP contribution in [0.4, 0.5) is 5.69 Å². The maximum absolute atomic E-state index is 12.0. The molecule has 0 saturated heterocycles. The average molecular weight is 323 g/mol. The van der Waals surface area contributed by atoms with Gasteiger partial charge >= 0.3 is 0 Å². The zero-order valence-corrected chi connectivity index (χ0v) is 13.0. The van der Waals surface area contributed by atoms with Crippen LogP contribution in [0.3, 0.4) is 0 Å². The molecule has 0 saturated carbocycles. The van der Waals surface area contributed by atoms with Crippen LogP contribution in [0.1, 0.15) is 5.56 Å². The van der Waals surface area contributed by atoms with Gasteiger partial charge in [0.25, 0.3) is 0 Å². The summed E-state index contributed by atoms with van der Waals surface area (Å²) in [6, 6.07) is 12.7. The number of ether oxygens (including phenoxy) is 3. The molecule has 5 nitrogen and oxygen atoms in total. The van der Waals surface area contributed by atoms with Crippen molar-refractivity contribution in [1.82, 2.24) is 0 Å². The Kier molecular flexibility index (Phi) is 4.81. The minimum Gasteiger partial charge on any atom is -0.490 e. The highest BCUT2D eigenvalue weighted by atomic mass is 16.7. The van der Waals surface area contributed by atoms with Crippen molar-refractivity contribution in [3.8, 4) is 17.2 Å². The molecule has 0 unspecified atom stereocenters. The van der Waals surface area contributed by atoms with Gasteiger partial charge in [0, 0.05) is 11.8 Å². The fourth-order valence-corrected chi connectivity index (χ4v) is 2.16. The van der Waals surface area contributed by atoms with E-state index in [2.05, 4.69) is 11.9 Å². The summed E-state index contributed by atoms with van der Waals surface area (Å²) in [4.78, 5) is 12.0. The Balaban J connectivity index is 1.57. The van der Waals surface area contributed by atoms with Crippen LogP contribution in [-0.4, -0.2) is 19.3 Å². The molecular formula is C19H17NO4. The molecule has 0 fully saturated rings. The SMILES string of the molecule is C=CCOc1ccc(NC(=O)/C=C/c2ccc3c(c2)OCO3)cc1. The molecule has 1 aliphatic rings. The van der Waals surface area contributed by atoms with Gasteiger partial charge < -0.3 is 19.5 Å². The largest absolute Gasteiger partial charge is 0.490 e. The number of hydrogen-bond acceptors (Lipinski definition) is 4. The highest BCUT2D eigenvalue weighted by Crippen LogP contribution is 2.32. The standard InChI is InChI=1S/C19H17NO4/c1-2-11-22-16-7-5-15(6-8-16)20-19(21)10-4-14-3-9-17-18(12-14)24-13-23-17/h2-10,12H,1,11,13H2,(H,20,21)/b10-4+. The zero-order valence-electron chi connectivity index (χ0n) is 13.0. The molecule has 1 heterocycles. The van der Waals surface area contributed by atoms with Crippen molar-refractivity contribution in [2.24, 2.45) is 0 Å². The predicted molar refractivity (Wildman–Crippen MR) is 92.4 cm³/mol. The highest BCUT2D eigenvalue weighted by Gasteiger charge is 2.12. The highest BCUT2D eigenvalue weighted by molar-refractivity contribution is 6.01. The smallest absolute Gasteiger partial charge is 0.248 e. The maximum Gasteiger partial charge on any atom is 0.248 e. The molecule has 2 aromatic rings. The third kappa shape index (κ3) is 3.95. The van der Waals surface area contributed by atoms with Crippen LogP contribution in [0.5, 0.6) is 17.2 Å². The van der Waals surface area contributed by atoms with Gasteiger partial charge in [-0.05, 0) is 48.0 Å². The minimum atomic E-state index is -0.215. The molecule has 1 N–H and O–H groups in total. The number of hydrogen-bond donors (Lipinski definition) is 1.